The number of anilines is 2. The molecular weight excluding hydrogens is 220 g/mol. The zero-order chi connectivity index (χ0) is 13.1. The van der Waals surface area contributed by atoms with E-state index in [0.29, 0.717) is 5.56 Å². The first kappa shape index (κ1) is 12.2. The second-order valence-corrected chi connectivity index (χ2v) is 4.53. The maximum Gasteiger partial charge on any atom is 0.101 e. The summed E-state index contributed by atoms with van der Waals surface area (Å²) >= 11 is 0. The first-order valence-corrected chi connectivity index (χ1v) is 5.93. The summed E-state index contributed by atoms with van der Waals surface area (Å²) in [6.45, 7) is 4.06. The molecule has 0 fully saturated rings. The Morgan fingerprint density at radius 1 is 1.00 bits per heavy atom. The zero-order valence-electron chi connectivity index (χ0n) is 10.9. The Morgan fingerprint density at radius 3 is 2.39 bits per heavy atom. The molecule has 2 rings (SSSR count). The van der Waals surface area contributed by atoms with Gasteiger partial charge in [-0.25, -0.2) is 0 Å². The molecule has 90 valence electrons. The van der Waals surface area contributed by atoms with Crippen LogP contribution >= 0.6 is 0 Å². The number of nitriles is 1. The maximum absolute atomic E-state index is 9.22. The predicted molar refractivity (Wildman–Crippen MR) is 75.1 cm³/mol. The average Bonchev–Trinajstić information content (AvgIpc) is 2.37. The van der Waals surface area contributed by atoms with Gasteiger partial charge in [-0.05, 0) is 49.2 Å². The first-order valence-electron chi connectivity index (χ1n) is 5.93. The van der Waals surface area contributed by atoms with Gasteiger partial charge in [-0.3, -0.25) is 0 Å². The Balaban J connectivity index is 2.46. The Hall–Kier alpha value is -2.27. The van der Waals surface area contributed by atoms with Gasteiger partial charge in [0.25, 0.3) is 0 Å². The van der Waals surface area contributed by atoms with Gasteiger partial charge >= 0.3 is 0 Å². The van der Waals surface area contributed by atoms with Crippen LogP contribution < -0.4 is 4.90 Å². The van der Waals surface area contributed by atoms with Crippen LogP contribution in [0.25, 0.3) is 0 Å². The van der Waals surface area contributed by atoms with Crippen LogP contribution in [0.1, 0.15) is 16.7 Å². The van der Waals surface area contributed by atoms with Crippen molar-refractivity contribution in [2.24, 2.45) is 0 Å². The second-order valence-electron chi connectivity index (χ2n) is 4.53. The lowest BCUT2D eigenvalue weighted by Gasteiger charge is -2.21. The Kier molecular flexibility index (Phi) is 3.34. The number of benzene rings is 2. The number of nitrogens with zero attached hydrogens (tertiary/aromatic N) is 2. The van der Waals surface area contributed by atoms with E-state index in [-0.39, 0.29) is 0 Å². The van der Waals surface area contributed by atoms with Gasteiger partial charge in [-0.2, -0.15) is 5.26 Å². The van der Waals surface area contributed by atoms with Crippen molar-refractivity contribution in [2.75, 3.05) is 11.9 Å². The van der Waals surface area contributed by atoms with Crippen molar-refractivity contribution in [1.29, 1.82) is 5.26 Å². The van der Waals surface area contributed by atoms with Gasteiger partial charge < -0.3 is 4.90 Å². The van der Waals surface area contributed by atoms with Gasteiger partial charge in [0.1, 0.15) is 6.07 Å². The van der Waals surface area contributed by atoms with Crippen LogP contribution in [0.5, 0.6) is 0 Å². The summed E-state index contributed by atoms with van der Waals surface area (Å²) in [4.78, 5) is 2.05. The lowest BCUT2D eigenvalue weighted by molar-refractivity contribution is 1.19. The number of hydrogen-bond donors (Lipinski definition) is 0. The third-order valence-electron chi connectivity index (χ3n) is 3.02. The minimum absolute atomic E-state index is 0.707. The highest BCUT2D eigenvalue weighted by Gasteiger charge is 2.09. The van der Waals surface area contributed by atoms with Crippen LogP contribution in [-0.4, -0.2) is 7.05 Å². The molecule has 2 aromatic rings. The average molecular weight is 236 g/mol. The SMILES string of the molecule is Cc1cccc(N(C)c2ccc(C)cc2C#N)c1. The highest BCUT2D eigenvalue weighted by molar-refractivity contribution is 5.69. The molecule has 0 aliphatic heterocycles. The Morgan fingerprint density at radius 2 is 1.72 bits per heavy atom. The molecule has 0 saturated carbocycles. The second kappa shape index (κ2) is 4.93. The molecular formula is C16H16N2. The molecule has 0 atom stereocenters. The zero-order valence-corrected chi connectivity index (χ0v) is 10.9. The van der Waals surface area contributed by atoms with Crippen molar-refractivity contribution in [3.05, 3.63) is 59.2 Å². The highest BCUT2D eigenvalue weighted by atomic mass is 15.1. The van der Waals surface area contributed by atoms with Crippen molar-refractivity contribution in [1.82, 2.24) is 0 Å². The third-order valence-corrected chi connectivity index (χ3v) is 3.02. The first-order chi connectivity index (χ1) is 8.61. The Labute approximate surface area is 108 Å². The normalized spacial score (nSPS) is 9.89. The summed E-state index contributed by atoms with van der Waals surface area (Å²) in [6.07, 6.45) is 0. The fraction of sp³-hybridized carbons (Fsp3) is 0.188. The monoisotopic (exact) mass is 236 g/mol. The van der Waals surface area contributed by atoms with Crippen molar-refractivity contribution in [3.63, 3.8) is 0 Å². The van der Waals surface area contributed by atoms with E-state index in [1.807, 2.05) is 49.2 Å². The summed E-state index contributed by atoms with van der Waals surface area (Å²) in [5, 5.41) is 9.22. The standard InChI is InChI=1S/C16H16N2/c1-12-5-4-6-15(10-12)18(3)16-8-7-13(2)9-14(16)11-17/h4-10H,1-3H3. The van der Waals surface area contributed by atoms with E-state index in [1.54, 1.807) is 0 Å². The van der Waals surface area contributed by atoms with Crippen molar-refractivity contribution < 1.29 is 0 Å². The van der Waals surface area contributed by atoms with E-state index >= 15 is 0 Å². The molecule has 0 aliphatic rings. The van der Waals surface area contributed by atoms with E-state index in [1.165, 1.54) is 5.56 Å². The van der Waals surface area contributed by atoms with E-state index in [9.17, 15) is 5.26 Å². The Bertz CT molecular complexity index is 609. The van der Waals surface area contributed by atoms with Gasteiger partial charge in [-0.1, -0.05) is 18.2 Å². The van der Waals surface area contributed by atoms with Crippen LogP contribution in [0.15, 0.2) is 42.5 Å². The van der Waals surface area contributed by atoms with Crippen molar-refractivity contribution >= 4 is 11.4 Å². The minimum Gasteiger partial charge on any atom is -0.344 e. The number of rotatable bonds is 2. The molecule has 18 heavy (non-hydrogen) atoms. The fourth-order valence-corrected chi connectivity index (χ4v) is 2.01. The summed E-state index contributed by atoms with van der Waals surface area (Å²) in [5.41, 5.74) is 5.06. The van der Waals surface area contributed by atoms with Crippen LogP contribution in [0.2, 0.25) is 0 Å². The number of aryl methyl sites for hydroxylation is 2. The molecule has 0 radical (unpaired) electrons. The fourth-order valence-electron chi connectivity index (χ4n) is 2.01. The summed E-state index contributed by atoms with van der Waals surface area (Å²) < 4.78 is 0. The maximum atomic E-state index is 9.22. The van der Waals surface area contributed by atoms with Gasteiger partial charge in [-0.15, -0.1) is 0 Å². The van der Waals surface area contributed by atoms with Crippen LogP contribution in [0.4, 0.5) is 11.4 Å². The van der Waals surface area contributed by atoms with Crippen molar-refractivity contribution in [2.45, 2.75) is 13.8 Å². The van der Waals surface area contributed by atoms with Crippen LogP contribution in [-0.2, 0) is 0 Å². The molecule has 2 heteroatoms. The topological polar surface area (TPSA) is 27.0 Å². The summed E-state index contributed by atoms with van der Waals surface area (Å²) in [6, 6.07) is 16.5. The summed E-state index contributed by atoms with van der Waals surface area (Å²) in [7, 11) is 1.99. The quantitative estimate of drug-likeness (QED) is 0.789. The van der Waals surface area contributed by atoms with Crippen LogP contribution in [0.3, 0.4) is 0 Å². The molecule has 0 heterocycles. The lowest BCUT2D eigenvalue weighted by Crippen LogP contribution is -2.11. The molecule has 2 nitrogen and oxygen atoms in total. The van der Waals surface area contributed by atoms with E-state index < -0.39 is 0 Å². The minimum atomic E-state index is 0.707. The molecule has 0 bridgehead atoms. The predicted octanol–water partition coefficient (Wildman–Crippen LogP) is 3.94. The molecule has 0 unspecified atom stereocenters. The van der Waals surface area contributed by atoms with Gasteiger partial charge in [0.05, 0.1) is 11.3 Å². The third kappa shape index (κ3) is 2.36. The van der Waals surface area contributed by atoms with E-state index in [2.05, 4.69) is 25.1 Å². The molecule has 0 amide bonds. The molecule has 0 N–H and O–H groups in total. The van der Waals surface area contributed by atoms with E-state index in [4.69, 9.17) is 0 Å². The molecule has 0 aliphatic carbocycles. The van der Waals surface area contributed by atoms with Gasteiger partial charge in [0, 0.05) is 12.7 Å². The molecule has 0 saturated heterocycles. The smallest absolute Gasteiger partial charge is 0.101 e. The lowest BCUT2D eigenvalue weighted by atomic mass is 10.1. The largest absolute Gasteiger partial charge is 0.344 e. The summed E-state index contributed by atoms with van der Waals surface area (Å²) in [5.74, 6) is 0. The highest BCUT2D eigenvalue weighted by Crippen LogP contribution is 2.27. The van der Waals surface area contributed by atoms with Crippen molar-refractivity contribution in [3.8, 4) is 6.07 Å². The van der Waals surface area contributed by atoms with Gasteiger partial charge in [0.2, 0.25) is 0 Å². The van der Waals surface area contributed by atoms with E-state index in [0.717, 1.165) is 16.9 Å². The molecule has 0 aromatic heterocycles. The van der Waals surface area contributed by atoms with Gasteiger partial charge in [0.15, 0.2) is 0 Å². The molecule has 0 spiro atoms. The molecule has 2 aromatic carbocycles. The number of hydrogen-bond acceptors (Lipinski definition) is 2. The van der Waals surface area contributed by atoms with Crippen LogP contribution in [0, 0.1) is 25.2 Å².